The molecule has 0 bridgehead atoms. The van der Waals surface area contributed by atoms with Crippen molar-refractivity contribution in [3.8, 4) is 17.1 Å². The zero-order valence-electron chi connectivity index (χ0n) is 10.5. The van der Waals surface area contributed by atoms with Crippen molar-refractivity contribution >= 4 is 11.6 Å². The highest BCUT2D eigenvalue weighted by Crippen LogP contribution is 2.38. The largest absolute Gasteiger partial charge is 0.496 e. The fourth-order valence-corrected chi connectivity index (χ4v) is 2.08. The maximum absolute atomic E-state index is 6.17. The van der Waals surface area contributed by atoms with Crippen molar-refractivity contribution in [1.82, 2.24) is 10.1 Å². The summed E-state index contributed by atoms with van der Waals surface area (Å²) in [5.74, 6) is 1.51. The van der Waals surface area contributed by atoms with E-state index in [0.29, 0.717) is 22.5 Å². The first-order chi connectivity index (χ1) is 8.58. The molecule has 96 valence electrons. The molecule has 0 saturated heterocycles. The molecule has 0 spiro atoms. The molecule has 0 unspecified atom stereocenters. The number of aromatic nitrogens is 2. The molecule has 0 amide bonds. The Hall–Kier alpha value is -1.59. The van der Waals surface area contributed by atoms with Crippen LogP contribution in [0.25, 0.3) is 11.4 Å². The predicted octanol–water partition coefficient (Wildman–Crippen LogP) is 2.47. The lowest BCUT2D eigenvalue weighted by molar-refractivity contribution is 0.379. The van der Waals surface area contributed by atoms with Crippen LogP contribution in [0.1, 0.15) is 17.0 Å². The van der Waals surface area contributed by atoms with Gasteiger partial charge in [-0.15, -0.1) is 0 Å². The summed E-state index contributed by atoms with van der Waals surface area (Å²) in [5.41, 5.74) is 7.97. The molecule has 1 aromatic carbocycles. The van der Waals surface area contributed by atoms with Crippen LogP contribution in [0.15, 0.2) is 10.6 Å². The second-order valence-corrected chi connectivity index (χ2v) is 4.33. The maximum atomic E-state index is 6.17. The predicted molar refractivity (Wildman–Crippen MR) is 68.7 cm³/mol. The van der Waals surface area contributed by atoms with E-state index in [1.165, 1.54) is 0 Å². The Balaban J connectivity index is 2.68. The number of benzene rings is 1. The summed E-state index contributed by atoms with van der Waals surface area (Å²) in [6.45, 7) is 4.00. The molecule has 18 heavy (non-hydrogen) atoms. The molecule has 0 aliphatic rings. The summed E-state index contributed by atoms with van der Waals surface area (Å²) in [4.78, 5) is 4.21. The van der Waals surface area contributed by atoms with Gasteiger partial charge in [0.15, 0.2) is 0 Å². The van der Waals surface area contributed by atoms with Crippen LogP contribution in [0.3, 0.4) is 0 Å². The number of nitrogens with two attached hydrogens (primary N) is 1. The van der Waals surface area contributed by atoms with Crippen molar-refractivity contribution in [3.63, 3.8) is 0 Å². The molecule has 0 aliphatic heterocycles. The average molecular weight is 268 g/mol. The number of rotatable bonds is 3. The number of methoxy groups -OCH3 is 1. The van der Waals surface area contributed by atoms with Crippen LogP contribution >= 0.6 is 11.6 Å². The lowest BCUT2D eigenvalue weighted by Crippen LogP contribution is -1.98. The van der Waals surface area contributed by atoms with Gasteiger partial charge in [-0.3, -0.25) is 0 Å². The molecule has 0 fully saturated rings. The van der Waals surface area contributed by atoms with Crippen molar-refractivity contribution in [2.45, 2.75) is 20.4 Å². The van der Waals surface area contributed by atoms with Crippen molar-refractivity contribution in [2.75, 3.05) is 7.11 Å². The van der Waals surface area contributed by atoms with Gasteiger partial charge in [0.25, 0.3) is 0 Å². The van der Waals surface area contributed by atoms with E-state index in [9.17, 15) is 0 Å². The van der Waals surface area contributed by atoms with Crippen molar-refractivity contribution in [3.05, 3.63) is 28.1 Å². The summed E-state index contributed by atoms with van der Waals surface area (Å²) in [6.07, 6.45) is 0. The van der Waals surface area contributed by atoms with E-state index in [1.54, 1.807) is 7.11 Å². The van der Waals surface area contributed by atoms with Gasteiger partial charge in [0.05, 0.1) is 19.2 Å². The third kappa shape index (κ3) is 2.07. The Labute approximate surface area is 110 Å². The third-order valence-corrected chi connectivity index (χ3v) is 3.12. The fourth-order valence-electron chi connectivity index (χ4n) is 1.82. The Morgan fingerprint density at radius 3 is 2.72 bits per heavy atom. The van der Waals surface area contributed by atoms with E-state index < -0.39 is 0 Å². The molecule has 0 radical (unpaired) electrons. The molecule has 0 aliphatic carbocycles. The zero-order chi connectivity index (χ0) is 13.3. The monoisotopic (exact) mass is 267 g/mol. The highest BCUT2D eigenvalue weighted by Gasteiger charge is 2.19. The van der Waals surface area contributed by atoms with Gasteiger partial charge in [-0.2, -0.15) is 4.98 Å². The summed E-state index contributed by atoms with van der Waals surface area (Å²) in [6, 6.07) is 1.85. The Kier molecular flexibility index (Phi) is 3.54. The van der Waals surface area contributed by atoms with Crippen molar-refractivity contribution in [1.29, 1.82) is 0 Å². The first-order valence-electron chi connectivity index (χ1n) is 5.45. The van der Waals surface area contributed by atoms with E-state index in [-0.39, 0.29) is 6.54 Å². The van der Waals surface area contributed by atoms with Crippen LogP contribution in [0.4, 0.5) is 0 Å². The normalized spacial score (nSPS) is 10.7. The molecule has 1 heterocycles. The van der Waals surface area contributed by atoms with Gasteiger partial charge in [0.2, 0.25) is 11.7 Å². The van der Waals surface area contributed by atoms with Gasteiger partial charge >= 0.3 is 0 Å². The van der Waals surface area contributed by atoms with Crippen LogP contribution in [-0.2, 0) is 6.54 Å². The lowest BCUT2D eigenvalue weighted by Gasteiger charge is -2.13. The smallest absolute Gasteiger partial charge is 0.240 e. The van der Waals surface area contributed by atoms with Gasteiger partial charge in [0, 0.05) is 5.02 Å². The van der Waals surface area contributed by atoms with Gasteiger partial charge in [-0.1, -0.05) is 16.8 Å². The fraction of sp³-hybridized carbons (Fsp3) is 0.333. The van der Waals surface area contributed by atoms with Crippen LogP contribution in [0, 0.1) is 13.8 Å². The highest BCUT2D eigenvalue weighted by molar-refractivity contribution is 6.32. The summed E-state index contributed by atoms with van der Waals surface area (Å²) in [5, 5.41) is 4.55. The molecule has 1 aromatic heterocycles. The van der Waals surface area contributed by atoms with Gasteiger partial charge in [-0.25, -0.2) is 0 Å². The molecule has 2 rings (SSSR count). The minimum absolute atomic E-state index is 0.202. The van der Waals surface area contributed by atoms with Gasteiger partial charge in [0.1, 0.15) is 5.75 Å². The molecule has 6 heteroatoms. The van der Waals surface area contributed by atoms with Crippen molar-refractivity contribution in [2.24, 2.45) is 5.73 Å². The zero-order valence-corrected chi connectivity index (χ0v) is 11.2. The van der Waals surface area contributed by atoms with E-state index >= 15 is 0 Å². The van der Waals surface area contributed by atoms with Gasteiger partial charge < -0.3 is 15.0 Å². The minimum Gasteiger partial charge on any atom is -0.496 e. The molecular formula is C12H14ClN3O2. The maximum Gasteiger partial charge on any atom is 0.240 e. The van der Waals surface area contributed by atoms with Crippen molar-refractivity contribution < 1.29 is 9.26 Å². The van der Waals surface area contributed by atoms with E-state index in [4.69, 9.17) is 26.6 Å². The third-order valence-electron chi connectivity index (χ3n) is 2.73. The standard InChI is InChI=1S/C12H14ClN3O2/c1-6-4-8(13)7(2)10(11(6)17-3)12-15-9(5-14)18-16-12/h4H,5,14H2,1-3H3. The number of nitrogens with zero attached hydrogens (tertiary/aromatic N) is 2. The summed E-state index contributed by atoms with van der Waals surface area (Å²) in [7, 11) is 1.60. The topological polar surface area (TPSA) is 74.2 Å². The lowest BCUT2D eigenvalue weighted by atomic mass is 10.0. The quantitative estimate of drug-likeness (QED) is 0.925. The molecule has 2 N–H and O–H groups in total. The van der Waals surface area contributed by atoms with Crippen LogP contribution in [-0.4, -0.2) is 17.3 Å². The summed E-state index contributed by atoms with van der Waals surface area (Å²) >= 11 is 6.17. The number of ether oxygens (including phenoxy) is 1. The van der Waals surface area contributed by atoms with E-state index in [0.717, 1.165) is 16.7 Å². The second-order valence-electron chi connectivity index (χ2n) is 3.92. The number of halogens is 1. The first-order valence-corrected chi connectivity index (χ1v) is 5.83. The number of hydrogen-bond donors (Lipinski definition) is 1. The Morgan fingerprint density at radius 2 is 2.17 bits per heavy atom. The highest BCUT2D eigenvalue weighted by atomic mass is 35.5. The first kappa shape index (κ1) is 12.9. The molecule has 0 saturated carbocycles. The minimum atomic E-state index is 0.202. The Morgan fingerprint density at radius 1 is 1.44 bits per heavy atom. The van der Waals surface area contributed by atoms with E-state index in [1.807, 2.05) is 19.9 Å². The second kappa shape index (κ2) is 4.96. The summed E-state index contributed by atoms with van der Waals surface area (Å²) < 4.78 is 10.4. The Bertz CT molecular complexity index is 581. The van der Waals surface area contributed by atoms with E-state index in [2.05, 4.69) is 10.1 Å². The molecule has 0 atom stereocenters. The molecule has 5 nitrogen and oxygen atoms in total. The SMILES string of the molecule is COc1c(C)cc(Cl)c(C)c1-c1noc(CN)n1. The van der Waals surface area contributed by atoms with Crippen LogP contribution in [0.2, 0.25) is 5.02 Å². The average Bonchev–Trinajstić information content (AvgIpc) is 2.81. The number of hydrogen-bond acceptors (Lipinski definition) is 5. The van der Waals surface area contributed by atoms with Crippen LogP contribution in [0.5, 0.6) is 5.75 Å². The van der Waals surface area contributed by atoms with Crippen LogP contribution < -0.4 is 10.5 Å². The molecular weight excluding hydrogens is 254 g/mol. The molecule has 2 aromatic rings. The number of aryl methyl sites for hydroxylation is 1. The van der Waals surface area contributed by atoms with Gasteiger partial charge in [-0.05, 0) is 31.0 Å².